The van der Waals surface area contributed by atoms with Crippen LogP contribution in [-0.2, 0) is 36.8 Å². The van der Waals surface area contributed by atoms with Crippen LogP contribution in [0.15, 0.2) is 60.7 Å². The van der Waals surface area contributed by atoms with E-state index >= 15 is 0 Å². The Kier molecular flexibility index (Phi) is 14.0. The summed E-state index contributed by atoms with van der Waals surface area (Å²) in [4.78, 5) is 71.6. The Morgan fingerprint density at radius 2 is 1.28 bits per heavy atom. The lowest BCUT2D eigenvalue weighted by molar-refractivity contribution is -0.152. The first-order chi connectivity index (χ1) is 25.5. The van der Waals surface area contributed by atoms with E-state index in [0.717, 1.165) is 49.9 Å². The maximum atomic E-state index is 14.0. The van der Waals surface area contributed by atoms with Crippen LogP contribution < -0.4 is 27.4 Å². The van der Waals surface area contributed by atoms with Crippen molar-refractivity contribution in [2.24, 2.45) is 28.7 Å². The molecule has 1 spiro atoms. The van der Waals surface area contributed by atoms with Gasteiger partial charge in [-0.1, -0.05) is 74.5 Å². The molecular formula is C41H59N7O5. The van der Waals surface area contributed by atoms with Crippen LogP contribution in [0, 0.1) is 17.3 Å². The van der Waals surface area contributed by atoms with Crippen molar-refractivity contribution in [2.75, 3.05) is 32.7 Å². The van der Waals surface area contributed by atoms with Gasteiger partial charge in [0, 0.05) is 43.9 Å². The molecule has 0 aromatic heterocycles. The summed E-state index contributed by atoms with van der Waals surface area (Å²) in [5.74, 6) is -0.999. The number of hydrogen-bond donors (Lipinski definition) is 5. The van der Waals surface area contributed by atoms with Gasteiger partial charge in [-0.2, -0.15) is 0 Å². The summed E-state index contributed by atoms with van der Waals surface area (Å²) in [6.45, 7) is 7.09. The average Bonchev–Trinajstić information content (AvgIpc) is 3.99. The molecule has 2 saturated heterocycles. The Morgan fingerprint density at radius 3 is 1.85 bits per heavy atom. The van der Waals surface area contributed by atoms with E-state index in [-0.39, 0.29) is 35.5 Å². The van der Waals surface area contributed by atoms with Gasteiger partial charge in [-0.15, -0.1) is 0 Å². The van der Waals surface area contributed by atoms with Gasteiger partial charge in [0.15, 0.2) is 0 Å². The molecule has 3 fully saturated rings. The molecule has 4 atom stereocenters. The van der Waals surface area contributed by atoms with Gasteiger partial charge in [0.25, 0.3) is 0 Å². The molecule has 2 aromatic rings. The molecule has 12 nitrogen and oxygen atoms in total. The number of hydrogen-bond acceptors (Lipinski definition) is 7. The monoisotopic (exact) mass is 729 g/mol. The highest BCUT2D eigenvalue weighted by molar-refractivity contribution is 5.95. The number of unbranched alkanes of at least 4 members (excludes halogenated alkanes) is 1. The van der Waals surface area contributed by atoms with Gasteiger partial charge in [0.1, 0.15) is 18.1 Å². The summed E-state index contributed by atoms with van der Waals surface area (Å²) < 4.78 is 0. The molecule has 0 bridgehead atoms. The molecular weight excluding hydrogens is 670 g/mol. The summed E-state index contributed by atoms with van der Waals surface area (Å²) in [5.41, 5.74) is 13.9. The van der Waals surface area contributed by atoms with Crippen LogP contribution >= 0.6 is 0 Å². The van der Waals surface area contributed by atoms with Crippen molar-refractivity contribution in [3.05, 3.63) is 71.8 Å². The zero-order valence-corrected chi connectivity index (χ0v) is 31.4. The largest absolute Gasteiger partial charge is 0.343 e. The molecule has 12 heteroatoms. The summed E-state index contributed by atoms with van der Waals surface area (Å²) in [6, 6.07) is 15.2. The van der Waals surface area contributed by atoms with Crippen LogP contribution in [0.2, 0.25) is 0 Å². The fourth-order valence-corrected chi connectivity index (χ4v) is 7.54. The van der Waals surface area contributed by atoms with Crippen molar-refractivity contribution >= 4 is 29.5 Å². The van der Waals surface area contributed by atoms with Crippen molar-refractivity contribution in [1.29, 1.82) is 0 Å². The van der Waals surface area contributed by atoms with Crippen LogP contribution in [-0.4, -0.2) is 96.2 Å². The SMILES string of the molecule is CC(C)CC(NC(=O)[C@@H](Cc1ccccc1)NC(=O)[C@H](N)Cc1ccccc1)C(=O)N[C@H](CCCCN)C(=O)N1CCC2(CC1)CN(C(=O)C1CC1)C2. The number of nitrogens with two attached hydrogens (primary N) is 2. The quantitative estimate of drug-likeness (QED) is 0.146. The van der Waals surface area contributed by atoms with Crippen molar-refractivity contribution in [3.63, 3.8) is 0 Å². The van der Waals surface area contributed by atoms with Gasteiger partial charge in [-0.25, -0.2) is 0 Å². The van der Waals surface area contributed by atoms with Gasteiger partial charge >= 0.3 is 0 Å². The van der Waals surface area contributed by atoms with Crippen LogP contribution in [0.1, 0.15) is 76.3 Å². The molecule has 2 heterocycles. The Morgan fingerprint density at radius 1 is 0.736 bits per heavy atom. The third-order valence-electron chi connectivity index (χ3n) is 10.9. The average molecular weight is 730 g/mol. The summed E-state index contributed by atoms with van der Waals surface area (Å²) in [5, 5.41) is 8.78. The number of nitrogens with zero attached hydrogens (tertiary/aromatic N) is 2. The van der Waals surface area contributed by atoms with E-state index in [4.69, 9.17) is 11.5 Å². The van der Waals surface area contributed by atoms with Crippen LogP contribution in [0.3, 0.4) is 0 Å². The highest BCUT2D eigenvalue weighted by atomic mass is 16.2. The summed E-state index contributed by atoms with van der Waals surface area (Å²) in [7, 11) is 0. The van der Waals surface area contributed by atoms with Crippen LogP contribution in [0.25, 0.3) is 0 Å². The van der Waals surface area contributed by atoms with Gasteiger partial charge in [-0.05, 0) is 81.4 Å². The first kappa shape index (κ1) is 39.9. The lowest BCUT2D eigenvalue weighted by atomic mass is 9.71. The number of likely N-dealkylation sites (tertiary alicyclic amines) is 2. The molecule has 5 rings (SSSR count). The van der Waals surface area contributed by atoms with E-state index in [1.165, 1.54) is 0 Å². The molecule has 5 amide bonds. The topological polar surface area (TPSA) is 180 Å². The second kappa shape index (κ2) is 18.6. The first-order valence-electron chi connectivity index (χ1n) is 19.5. The zero-order chi connectivity index (χ0) is 38.0. The van der Waals surface area contributed by atoms with Crippen LogP contribution in [0.4, 0.5) is 0 Å². The molecule has 2 aliphatic heterocycles. The number of carbonyl (C=O) groups excluding carboxylic acids is 5. The Labute approximate surface area is 314 Å². The van der Waals surface area contributed by atoms with Crippen LogP contribution in [0.5, 0.6) is 0 Å². The van der Waals surface area contributed by atoms with Gasteiger partial charge in [0.2, 0.25) is 29.5 Å². The molecule has 288 valence electrons. The highest BCUT2D eigenvalue weighted by Gasteiger charge is 2.50. The van der Waals surface area contributed by atoms with E-state index in [9.17, 15) is 24.0 Å². The van der Waals surface area contributed by atoms with E-state index in [2.05, 4.69) is 16.0 Å². The predicted molar refractivity (Wildman–Crippen MR) is 204 cm³/mol. The minimum Gasteiger partial charge on any atom is -0.343 e. The molecule has 0 radical (unpaired) electrons. The Hall–Kier alpha value is -4.29. The van der Waals surface area contributed by atoms with E-state index in [0.29, 0.717) is 51.7 Å². The molecule has 53 heavy (non-hydrogen) atoms. The van der Waals surface area contributed by atoms with E-state index in [1.54, 1.807) is 0 Å². The fraction of sp³-hybridized carbons (Fsp3) is 0.585. The molecule has 1 saturated carbocycles. The smallest absolute Gasteiger partial charge is 0.245 e. The Bertz CT molecular complexity index is 1530. The normalized spacial score (nSPS) is 18.7. The molecule has 1 aliphatic carbocycles. The Balaban J connectivity index is 1.23. The maximum absolute atomic E-state index is 14.0. The van der Waals surface area contributed by atoms with Gasteiger partial charge in [0.05, 0.1) is 6.04 Å². The fourth-order valence-electron chi connectivity index (χ4n) is 7.54. The second-order valence-electron chi connectivity index (χ2n) is 15.9. The van der Waals surface area contributed by atoms with Gasteiger partial charge < -0.3 is 37.2 Å². The zero-order valence-electron chi connectivity index (χ0n) is 31.4. The molecule has 3 aliphatic rings. The van der Waals surface area contributed by atoms with Crippen molar-refractivity contribution < 1.29 is 24.0 Å². The number of rotatable bonds is 18. The highest BCUT2D eigenvalue weighted by Crippen LogP contribution is 2.43. The summed E-state index contributed by atoms with van der Waals surface area (Å²) >= 11 is 0. The second-order valence-corrected chi connectivity index (χ2v) is 15.9. The van der Waals surface area contributed by atoms with Gasteiger partial charge in [-0.3, -0.25) is 24.0 Å². The van der Waals surface area contributed by atoms with Crippen molar-refractivity contribution in [3.8, 4) is 0 Å². The number of piperidine rings is 1. The molecule has 1 unspecified atom stereocenters. The standard InChI is InChI=1S/C41H59N7O5/c1-28(2)23-34(46-38(51)35(25-30-13-7-4-8-14-30)45-36(49)32(43)24-29-11-5-3-6-12-29)37(50)44-33(15-9-10-20-42)40(53)47-21-18-41(19-22-47)26-48(27-41)39(52)31-16-17-31/h3-8,11-14,28,31-35H,9-10,15-27,42-43H2,1-2H3,(H,44,50)(H,45,49)(H,46,51)/t32-,33-,34?,35-/m1/s1. The first-order valence-corrected chi connectivity index (χ1v) is 19.5. The number of nitrogens with one attached hydrogen (secondary N) is 3. The third-order valence-corrected chi connectivity index (χ3v) is 10.9. The lowest BCUT2D eigenvalue weighted by Crippen LogP contribution is -2.63. The minimum absolute atomic E-state index is 0.0472. The van der Waals surface area contributed by atoms with E-state index < -0.39 is 41.9 Å². The predicted octanol–water partition coefficient (Wildman–Crippen LogP) is 2.29. The summed E-state index contributed by atoms with van der Waals surface area (Å²) in [6.07, 6.45) is 6.31. The number of benzene rings is 2. The minimum atomic E-state index is -0.987. The molecule has 2 aromatic carbocycles. The number of carbonyl (C=O) groups is 5. The maximum Gasteiger partial charge on any atom is 0.245 e. The van der Waals surface area contributed by atoms with Crippen molar-refractivity contribution in [2.45, 2.75) is 102 Å². The third kappa shape index (κ3) is 11.4. The lowest BCUT2D eigenvalue weighted by Gasteiger charge is -2.54. The van der Waals surface area contributed by atoms with E-state index in [1.807, 2.05) is 84.3 Å². The van der Waals surface area contributed by atoms with Crippen molar-refractivity contribution in [1.82, 2.24) is 25.8 Å². The molecule has 7 N–H and O–H groups in total. The number of amides is 5.